The third-order valence-electron chi connectivity index (χ3n) is 2.44. The van der Waals surface area contributed by atoms with Gasteiger partial charge in [0, 0.05) is 5.02 Å². The second kappa shape index (κ2) is 6.50. The maximum Gasteiger partial charge on any atom is 0.407 e. The molecule has 1 rings (SSSR count). The van der Waals surface area contributed by atoms with Crippen LogP contribution in [0.5, 0.6) is 0 Å². The fraction of sp³-hybridized carbons (Fsp3) is 0.462. The molecule has 17 heavy (non-hydrogen) atoms. The summed E-state index contributed by atoms with van der Waals surface area (Å²) in [6.07, 6.45) is -0.388. The number of carbonyl (C=O) groups is 1. The largest absolute Gasteiger partial charge is 0.450 e. The van der Waals surface area contributed by atoms with Gasteiger partial charge >= 0.3 is 6.09 Å². The van der Waals surface area contributed by atoms with Gasteiger partial charge in [-0.15, -0.1) is 0 Å². The van der Waals surface area contributed by atoms with Crippen LogP contribution in [0, 0.1) is 5.92 Å². The zero-order valence-electron chi connectivity index (χ0n) is 10.4. The van der Waals surface area contributed by atoms with E-state index in [1.54, 1.807) is 6.92 Å². The van der Waals surface area contributed by atoms with Crippen molar-refractivity contribution in [2.45, 2.75) is 26.8 Å². The van der Waals surface area contributed by atoms with E-state index in [0.29, 0.717) is 11.6 Å². The maximum absolute atomic E-state index is 11.4. The SMILES string of the molecule is CCOC(=O)NC(c1ccc(Cl)cc1)C(C)C. The van der Waals surface area contributed by atoms with Crippen molar-refractivity contribution < 1.29 is 9.53 Å². The highest BCUT2D eigenvalue weighted by atomic mass is 35.5. The van der Waals surface area contributed by atoms with Crippen LogP contribution in [-0.4, -0.2) is 12.7 Å². The van der Waals surface area contributed by atoms with Crippen LogP contribution in [0.25, 0.3) is 0 Å². The number of ether oxygens (including phenoxy) is 1. The Morgan fingerprint density at radius 3 is 2.41 bits per heavy atom. The van der Waals surface area contributed by atoms with Crippen molar-refractivity contribution in [3.8, 4) is 0 Å². The summed E-state index contributed by atoms with van der Waals surface area (Å²) in [5, 5.41) is 3.54. The van der Waals surface area contributed by atoms with Crippen molar-refractivity contribution in [1.29, 1.82) is 0 Å². The van der Waals surface area contributed by atoms with E-state index in [0.717, 1.165) is 5.56 Å². The van der Waals surface area contributed by atoms with Crippen molar-refractivity contribution >= 4 is 17.7 Å². The minimum atomic E-state index is -0.388. The van der Waals surface area contributed by atoms with Crippen LogP contribution in [0.2, 0.25) is 5.02 Å². The second-order valence-corrected chi connectivity index (χ2v) is 4.57. The Bertz CT molecular complexity index is 362. The molecule has 94 valence electrons. The third kappa shape index (κ3) is 4.27. The molecule has 0 saturated heterocycles. The summed E-state index contributed by atoms with van der Waals surface area (Å²) >= 11 is 5.84. The highest BCUT2D eigenvalue weighted by molar-refractivity contribution is 6.30. The Morgan fingerprint density at radius 1 is 1.35 bits per heavy atom. The molecule has 0 aliphatic heterocycles. The summed E-state index contributed by atoms with van der Waals surface area (Å²) in [5.41, 5.74) is 1.03. The average Bonchev–Trinajstić information content (AvgIpc) is 2.27. The molecule has 4 heteroatoms. The summed E-state index contributed by atoms with van der Waals surface area (Å²) in [5.74, 6) is 0.278. The number of nitrogens with one attached hydrogen (secondary N) is 1. The minimum Gasteiger partial charge on any atom is -0.450 e. The first-order valence-electron chi connectivity index (χ1n) is 5.73. The Hall–Kier alpha value is -1.22. The smallest absolute Gasteiger partial charge is 0.407 e. The normalized spacial score (nSPS) is 12.3. The Kier molecular flexibility index (Phi) is 5.29. The number of hydrogen-bond donors (Lipinski definition) is 1. The molecule has 0 radical (unpaired) electrons. The lowest BCUT2D eigenvalue weighted by atomic mass is 9.96. The molecule has 0 aliphatic carbocycles. The monoisotopic (exact) mass is 255 g/mol. The van der Waals surface area contributed by atoms with Gasteiger partial charge in [-0.2, -0.15) is 0 Å². The highest BCUT2D eigenvalue weighted by Gasteiger charge is 2.18. The molecule has 1 unspecified atom stereocenters. The molecular weight excluding hydrogens is 238 g/mol. The van der Waals surface area contributed by atoms with Crippen LogP contribution in [0.4, 0.5) is 4.79 Å². The van der Waals surface area contributed by atoms with E-state index in [9.17, 15) is 4.79 Å². The highest BCUT2D eigenvalue weighted by Crippen LogP contribution is 2.23. The van der Waals surface area contributed by atoms with E-state index in [1.165, 1.54) is 0 Å². The summed E-state index contributed by atoms with van der Waals surface area (Å²) < 4.78 is 4.89. The van der Waals surface area contributed by atoms with Gasteiger partial charge in [0.05, 0.1) is 12.6 Å². The van der Waals surface area contributed by atoms with Crippen molar-refractivity contribution in [1.82, 2.24) is 5.32 Å². The van der Waals surface area contributed by atoms with Crippen LogP contribution in [0.15, 0.2) is 24.3 Å². The van der Waals surface area contributed by atoms with Crippen molar-refractivity contribution in [3.05, 3.63) is 34.9 Å². The van der Waals surface area contributed by atoms with Gasteiger partial charge in [-0.25, -0.2) is 4.79 Å². The topological polar surface area (TPSA) is 38.3 Å². The Morgan fingerprint density at radius 2 is 1.94 bits per heavy atom. The van der Waals surface area contributed by atoms with Gasteiger partial charge in [0.15, 0.2) is 0 Å². The first kappa shape index (κ1) is 13.8. The standard InChI is InChI=1S/C13H18ClNO2/c1-4-17-13(16)15-12(9(2)3)10-5-7-11(14)8-6-10/h5-9,12H,4H2,1-3H3,(H,15,16). The zero-order chi connectivity index (χ0) is 12.8. The fourth-order valence-corrected chi connectivity index (χ4v) is 1.73. The first-order chi connectivity index (χ1) is 8.04. The number of halogens is 1. The van der Waals surface area contributed by atoms with Crippen LogP contribution < -0.4 is 5.32 Å². The summed E-state index contributed by atoms with van der Waals surface area (Å²) in [7, 11) is 0. The fourth-order valence-electron chi connectivity index (χ4n) is 1.60. The summed E-state index contributed by atoms with van der Waals surface area (Å²) in [6, 6.07) is 7.41. The lowest BCUT2D eigenvalue weighted by Gasteiger charge is -2.22. The molecule has 0 spiro atoms. The predicted molar refractivity (Wildman–Crippen MR) is 69.2 cm³/mol. The molecule has 1 N–H and O–H groups in total. The van der Waals surface area contributed by atoms with Gasteiger partial charge in [0.2, 0.25) is 0 Å². The average molecular weight is 256 g/mol. The van der Waals surface area contributed by atoms with E-state index in [2.05, 4.69) is 5.32 Å². The van der Waals surface area contributed by atoms with E-state index in [1.807, 2.05) is 38.1 Å². The van der Waals surface area contributed by atoms with E-state index in [-0.39, 0.29) is 18.1 Å². The summed E-state index contributed by atoms with van der Waals surface area (Å²) in [6.45, 7) is 6.25. The molecule has 0 saturated carbocycles. The minimum absolute atomic E-state index is 0.0636. The maximum atomic E-state index is 11.4. The molecule has 0 fully saturated rings. The van der Waals surface area contributed by atoms with Gasteiger partial charge in [0.1, 0.15) is 0 Å². The Labute approximate surface area is 107 Å². The predicted octanol–water partition coefficient (Wildman–Crippen LogP) is 3.78. The van der Waals surface area contributed by atoms with E-state index < -0.39 is 0 Å². The molecule has 0 aliphatic rings. The molecule has 1 aromatic carbocycles. The second-order valence-electron chi connectivity index (χ2n) is 4.14. The van der Waals surface area contributed by atoms with Crippen LogP contribution in [0.3, 0.4) is 0 Å². The number of amides is 1. The molecule has 1 aromatic rings. The molecular formula is C13H18ClNO2. The number of hydrogen-bond acceptors (Lipinski definition) is 2. The number of rotatable bonds is 4. The molecule has 0 heterocycles. The zero-order valence-corrected chi connectivity index (χ0v) is 11.1. The quantitative estimate of drug-likeness (QED) is 0.889. The van der Waals surface area contributed by atoms with Gasteiger partial charge in [-0.1, -0.05) is 37.6 Å². The van der Waals surface area contributed by atoms with Gasteiger partial charge < -0.3 is 10.1 Å². The van der Waals surface area contributed by atoms with Crippen molar-refractivity contribution in [2.75, 3.05) is 6.61 Å². The van der Waals surface area contributed by atoms with E-state index >= 15 is 0 Å². The van der Waals surface area contributed by atoms with Crippen LogP contribution in [0.1, 0.15) is 32.4 Å². The summed E-state index contributed by atoms with van der Waals surface area (Å²) in [4.78, 5) is 11.4. The number of carbonyl (C=O) groups excluding carboxylic acids is 1. The third-order valence-corrected chi connectivity index (χ3v) is 2.70. The number of benzene rings is 1. The van der Waals surface area contributed by atoms with Gasteiger partial charge in [0.25, 0.3) is 0 Å². The molecule has 3 nitrogen and oxygen atoms in total. The first-order valence-corrected chi connectivity index (χ1v) is 6.11. The lowest BCUT2D eigenvalue weighted by molar-refractivity contribution is 0.145. The Balaban J connectivity index is 2.79. The molecule has 0 bridgehead atoms. The lowest BCUT2D eigenvalue weighted by Crippen LogP contribution is -2.32. The van der Waals surface area contributed by atoms with Crippen molar-refractivity contribution in [2.24, 2.45) is 5.92 Å². The van der Waals surface area contributed by atoms with Gasteiger partial charge in [-0.05, 0) is 30.5 Å². The van der Waals surface area contributed by atoms with Crippen molar-refractivity contribution in [3.63, 3.8) is 0 Å². The van der Waals surface area contributed by atoms with Crippen LogP contribution >= 0.6 is 11.6 Å². The molecule has 1 atom stereocenters. The number of alkyl carbamates (subject to hydrolysis) is 1. The van der Waals surface area contributed by atoms with E-state index in [4.69, 9.17) is 16.3 Å². The molecule has 1 amide bonds. The molecule has 0 aromatic heterocycles. The van der Waals surface area contributed by atoms with Crippen LogP contribution in [-0.2, 0) is 4.74 Å². The van der Waals surface area contributed by atoms with Gasteiger partial charge in [-0.3, -0.25) is 0 Å².